The van der Waals surface area contributed by atoms with Gasteiger partial charge < -0.3 is 5.11 Å². The van der Waals surface area contributed by atoms with Crippen LogP contribution in [-0.4, -0.2) is 25.7 Å². The number of carboxylic acid groups (broad SMARTS) is 1. The SMILES string of the molecule is CCCC(C)(C(=O)O)c1c(C)nc2c(-c3ccc(C)cc3)c(C(C)(C)C)nn2c1-c1ccc(C)cc1. The molecular formula is C31H37N3O2. The fraction of sp³-hybridized carbons (Fsp3) is 0.387. The number of fused-ring (bicyclic) bond motifs is 1. The number of benzene rings is 2. The molecule has 0 saturated carbocycles. The lowest BCUT2D eigenvalue weighted by molar-refractivity contribution is -0.143. The van der Waals surface area contributed by atoms with E-state index in [4.69, 9.17) is 10.1 Å². The second kappa shape index (κ2) is 9.20. The van der Waals surface area contributed by atoms with Gasteiger partial charge in [0.1, 0.15) is 0 Å². The fourth-order valence-corrected chi connectivity index (χ4v) is 5.15. The maximum absolute atomic E-state index is 12.8. The van der Waals surface area contributed by atoms with Gasteiger partial charge >= 0.3 is 5.97 Å². The number of hydrogen-bond donors (Lipinski definition) is 1. The van der Waals surface area contributed by atoms with Crippen molar-refractivity contribution in [2.45, 2.75) is 79.1 Å². The van der Waals surface area contributed by atoms with E-state index in [1.807, 2.05) is 25.3 Å². The van der Waals surface area contributed by atoms with Gasteiger partial charge in [0.25, 0.3) is 0 Å². The second-order valence-electron chi connectivity index (χ2n) is 11.2. The van der Waals surface area contributed by atoms with Crippen LogP contribution in [0.4, 0.5) is 0 Å². The standard InChI is InChI=1S/C31H37N3O2/c1-9-18-31(8,29(35)36)25-21(4)32-28-24(22-14-10-19(2)11-15-22)27(30(5,6)7)33-34(28)26(25)23-16-12-20(3)13-17-23/h10-17H,9,18H2,1-8H3,(H,35,36). The molecule has 0 aliphatic carbocycles. The number of nitrogens with zero attached hydrogens (tertiary/aromatic N) is 3. The van der Waals surface area contributed by atoms with Crippen LogP contribution >= 0.6 is 0 Å². The molecule has 4 rings (SSSR count). The van der Waals surface area contributed by atoms with Gasteiger partial charge in [0.2, 0.25) is 0 Å². The van der Waals surface area contributed by atoms with Crippen LogP contribution in [-0.2, 0) is 15.6 Å². The Kier molecular flexibility index (Phi) is 6.54. The summed E-state index contributed by atoms with van der Waals surface area (Å²) in [7, 11) is 0. The van der Waals surface area contributed by atoms with Gasteiger partial charge in [-0.25, -0.2) is 9.50 Å². The van der Waals surface area contributed by atoms with E-state index in [1.54, 1.807) is 0 Å². The molecule has 0 aliphatic heterocycles. The summed E-state index contributed by atoms with van der Waals surface area (Å²) in [6.07, 6.45) is 1.25. The molecule has 0 spiro atoms. The van der Waals surface area contributed by atoms with Crippen LogP contribution < -0.4 is 0 Å². The van der Waals surface area contributed by atoms with Crippen molar-refractivity contribution in [1.82, 2.24) is 14.6 Å². The van der Waals surface area contributed by atoms with Gasteiger partial charge in [-0.3, -0.25) is 4.79 Å². The highest BCUT2D eigenvalue weighted by Crippen LogP contribution is 2.42. The van der Waals surface area contributed by atoms with E-state index < -0.39 is 11.4 Å². The van der Waals surface area contributed by atoms with Crippen LogP contribution in [0.15, 0.2) is 48.5 Å². The van der Waals surface area contributed by atoms with E-state index in [0.29, 0.717) is 6.42 Å². The molecule has 4 aromatic rings. The van der Waals surface area contributed by atoms with Crippen molar-refractivity contribution in [3.05, 3.63) is 76.6 Å². The van der Waals surface area contributed by atoms with Gasteiger partial charge in [-0.05, 0) is 39.7 Å². The molecule has 2 aromatic heterocycles. The Bertz CT molecular complexity index is 1420. The average molecular weight is 484 g/mol. The van der Waals surface area contributed by atoms with Crippen LogP contribution in [0.2, 0.25) is 0 Å². The Balaban J connectivity index is 2.22. The van der Waals surface area contributed by atoms with Crippen molar-refractivity contribution in [3.8, 4) is 22.4 Å². The Hall–Kier alpha value is -3.47. The molecular weight excluding hydrogens is 446 g/mol. The highest BCUT2D eigenvalue weighted by molar-refractivity contribution is 5.88. The van der Waals surface area contributed by atoms with Gasteiger partial charge in [-0.15, -0.1) is 0 Å². The molecule has 1 unspecified atom stereocenters. The maximum atomic E-state index is 12.8. The molecule has 0 aliphatic rings. The number of rotatable bonds is 6. The third-order valence-electron chi connectivity index (χ3n) is 7.09. The molecule has 0 radical (unpaired) electrons. The molecule has 1 N–H and O–H groups in total. The van der Waals surface area contributed by atoms with E-state index >= 15 is 0 Å². The van der Waals surface area contributed by atoms with Crippen LogP contribution in [0, 0.1) is 20.8 Å². The summed E-state index contributed by atoms with van der Waals surface area (Å²) in [5.74, 6) is -0.844. The van der Waals surface area contributed by atoms with E-state index in [9.17, 15) is 9.90 Å². The molecule has 0 amide bonds. The van der Waals surface area contributed by atoms with Crippen LogP contribution in [0.25, 0.3) is 28.0 Å². The van der Waals surface area contributed by atoms with Crippen LogP contribution in [0.5, 0.6) is 0 Å². The molecule has 0 bridgehead atoms. The fourth-order valence-electron chi connectivity index (χ4n) is 5.15. The first-order valence-electron chi connectivity index (χ1n) is 12.7. The minimum Gasteiger partial charge on any atom is -0.481 e. The highest BCUT2D eigenvalue weighted by atomic mass is 16.4. The average Bonchev–Trinajstić information content (AvgIpc) is 3.19. The molecule has 1 atom stereocenters. The lowest BCUT2D eigenvalue weighted by Gasteiger charge is -2.29. The van der Waals surface area contributed by atoms with E-state index in [1.165, 1.54) is 5.56 Å². The Morgan fingerprint density at radius 3 is 1.89 bits per heavy atom. The summed E-state index contributed by atoms with van der Waals surface area (Å²) < 4.78 is 1.90. The first-order chi connectivity index (χ1) is 16.9. The quantitative estimate of drug-likeness (QED) is 0.310. The third kappa shape index (κ3) is 4.32. The Morgan fingerprint density at radius 2 is 1.42 bits per heavy atom. The van der Waals surface area contributed by atoms with Gasteiger partial charge in [-0.2, -0.15) is 5.10 Å². The van der Waals surface area contributed by atoms with E-state index in [0.717, 1.165) is 57.0 Å². The zero-order chi connectivity index (χ0) is 26.4. The Morgan fingerprint density at radius 1 is 0.889 bits per heavy atom. The normalized spacial score (nSPS) is 13.7. The molecule has 0 saturated heterocycles. The number of carboxylic acids is 1. The van der Waals surface area contributed by atoms with Crippen molar-refractivity contribution < 1.29 is 9.90 Å². The molecule has 0 fully saturated rings. The number of aliphatic carboxylic acids is 1. The van der Waals surface area contributed by atoms with Gasteiger partial charge in [-0.1, -0.05) is 93.8 Å². The smallest absolute Gasteiger partial charge is 0.313 e. The topological polar surface area (TPSA) is 67.5 Å². The molecule has 5 heteroatoms. The third-order valence-corrected chi connectivity index (χ3v) is 7.09. The summed E-state index contributed by atoms with van der Waals surface area (Å²) in [4.78, 5) is 17.8. The molecule has 2 aromatic carbocycles. The summed E-state index contributed by atoms with van der Waals surface area (Å²) in [5, 5.41) is 15.6. The zero-order valence-corrected chi connectivity index (χ0v) is 22.7. The van der Waals surface area contributed by atoms with Crippen molar-refractivity contribution in [1.29, 1.82) is 0 Å². The predicted octanol–water partition coefficient (Wildman–Crippen LogP) is 7.43. The molecule has 188 valence electrons. The molecule has 5 nitrogen and oxygen atoms in total. The monoisotopic (exact) mass is 483 g/mol. The molecule has 2 heterocycles. The number of aryl methyl sites for hydroxylation is 3. The summed E-state index contributed by atoms with van der Waals surface area (Å²) >= 11 is 0. The van der Waals surface area contributed by atoms with Gasteiger partial charge in [0.05, 0.1) is 22.4 Å². The Labute approximate surface area is 214 Å². The summed E-state index contributed by atoms with van der Waals surface area (Å²) in [6, 6.07) is 16.7. The van der Waals surface area contributed by atoms with Gasteiger partial charge in [0.15, 0.2) is 5.65 Å². The summed E-state index contributed by atoms with van der Waals surface area (Å²) in [6.45, 7) is 16.4. The first-order valence-corrected chi connectivity index (χ1v) is 12.7. The van der Waals surface area contributed by atoms with Crippen LogP contribution in [0.3, 0.4) is 0 Å². The first kappa shape index (κ1) is 25.6. The van der Waals surface area contributed by atoms with E-state index in [-0.39, 0.29) is 5.41 Å². The lowest BCUT2D eigenvalue weighted by Crippen LogP contribution is -2.35. The lowest BCUT2D eigenvalue weighted by atomic mass is 9.76. The van der Waals surface area contributed by atoms with Crippen molar-refractivity contribution in [2.75, 3.05) is 0 Å². The largest absolute Gasteiger partial charge is 0.481 e. The zero-order valence-electron chi connectivity index (χ0n) is 22.7. The highest BCUT2D eigenvalue weighted by Gasteiger charge is 2.40. The second-order valence-corrected chi connectivity index (χ2v) is 11.2. The van der Waals surface area contributed by atoms with Crippen LogP contribution in [0.1, 0.15) is 75.5 Å². The minimum atomic E-state index is -1.10. The van der Waals surface area contributed by atoms with Crippen molar-refractivity contribution in [3.63, 3.8) is 0 Å². The predicted molar refractivity (Wildman–Crippen MR) is 147 cm³/mol. The number of aromatic nitrogens is 3. The van der Waals surface area contributed by atoms with Crippen molar-refractivity contribution >= 4 is 11.6 Å². The van der Waals surface area contributed by atoms with E-state index in [2.05, 4.69) is 83.1 Å². The van der Waals surface area contributed by atoms with Crippen molar-refractivity contribution in [2.24, 2.45) is 0 Å². The van der Waals surface area contributed by atoms with Gasteiger partial charge in [0, 0.05) is 22.2 Å². The molecule has 36 heavy (non-hydrogen) atoms. The number of carbonyl (C=O) groups is 1. The number of hydrogen-bond acceptors (Lipinski definition) is 3. The maximum Gasteiger partial charge on any atom is 0.313 e. The summed E-state index contributed by atoms with van der Waals surface area (Å²) in [5.41, 5.74) is 7.95. The minimum absolute atomic E-state index is 0.244.